The van der Waals surface area contributed by atoms with Crippen molar-refractivity contribution in [3.63, 3.8) is 0 Å². The zero-order valence-corrected chi connectivity index (χ0v) is 16.5. The molecule has 32 heavy (non-hydrogen) atoms. The first-order valence-electron chi connectivity index (χ1n) is 9.32. The number of hydrogen-bond donors (Lipinski definition) is 3. The van der Waals surface area contributed by atoms with Crippen molar-refractivity contribution in [1.82, 2.24) is 24.8 Å². The smallest absolute Gasteiger partial charge is 0.475 e. The van der Waals surface area contributed by atoms with E-state index in [2.05, 4.69) is 10.2 Å². The molecule has 1 aromatic heterocycles. The number of fused-ring (bicyclic) bond motifs is 1. The largest absolute Gasteiger partial charge is 0.490 e. The molecule has 1 aromatic carbocycles. The van der Waals surface area contributed by atoms with Gasteiger partial charge in [0.05, 0.1) is 12.4 Å². The van der Waals surface area contributed by atoms with Gasteiger partial charge in [0, 0.05) is 38.0 Å². The number of aromatic nitrogens is 3. The fraction of sp³-hybridized carbons (Fsp3) is 0.389. The average Bonchev–Trinajstić information content (AvgIpc) is 3.43. The molecule has 14 heteroatoms. The van der Waals surface area contributed by atoms with Crippen molar-refractivity contribution >= 4 is 17.8 Å². The van der Waals surface area contributed by atoms with Gasteiger partial charge in [-0.15, -0.1) is 0 Å². The molecule has 0 saturated carbocycles. The van der Waals surface area contributed by atoms with Crippen LogP contribution >= 0.6 is 0 Å². The molecule has 0 radical (unpaired) electrons. The van der Waals surface area contributed by atoms with Crippen molar-refractivity contribution < 1.29 is 32.3 Å². The third-order valence-electron chi connectivity index (χ3n) is 5.20. The number of carboxylic acid groups (broad SMARTS) is 1. The summed E-state index contributed by atoms with van der Waals surface area (Å²) in [6.07, 6.45) is -2.12. The van der Waals surface area contributed by atoms with E-state index in [9.17, 15) is 22.4 Å². The lowest BCUT2D eigenvalue weighted by atomic mass is 10.0. The molecule has 2 aliphatic rings. The van der Waals surface area contributed by atoms with Gasteiger partial charge in [0.25, 0.3) is 5.91 Å². The van der Waals surface area contributed by atoms with Crippen molar-refractivity contribution in [2.24, 2.45) is 17.6 Å². The van der Waals surface area contributed by atoms with Crippen molar-refractivity contribution in [2.45, 2.75) is 6.18 Å². The minimum absolute atomic E-state index is 0.0119. The third kappa shape index (κ3) is 4.78. The maximum Gasteiger partial charge on any atom is 0.490 e. The number of benzene rings is 1. The van der Waals surface area contributed by atoms with E-state index < -0.39 is 18.0 Å². The number of nitrogens with one attached hydrogen (secondary N) is 1. The van der Waals surface area contributed by atoms with Crippen LogP contribution < -0.4 is 5.73 Å². The van der Waals surface area contributed by atoms with Crippen LogP contribution in [0.5, 0.6) is 0 Å². The molecule has 4 N–H and O–H groups in total. The van der Waals surface area contributed by atoms with Crippen molar-refractivity contribution in [3.8, 4) is 5.69 Å². The Hall–Kier alpha value is -3.71. The van der Waals surface area contributed by atoms with E-state index in [-0.39, 0.29) is 29.3 Å². The number of amides is 1. The van der Waals surface area contributed by atoms with Gasteiger partial charge in [-0.3, -0.25) is 10.2 Å². The van der Waals surface area contributed by atoms with Crippen LogP contribution in [0.1, 0.15) is 10.4 Å². The minimum Gasteiger partial charge on any atom is -0.475 e. The highest BCUT2D eigenvalue weighted by atomic mass is 19.4. The van der Waals surface area contributed by atoms with E-state index in [0.717, 1.165) is 0 Å². The van der Waals surface area contributed by atoms with Crippen LogP contribution in [0.25, 0.3) is 5.69 Å². The zero-order chi connectivity index (χ0) is 23.6. The van der Waals surface area contributed by atoms with Crippen molar-refractivity contribution in [1.29, 1.82) is 5.41 Å². The average molecular weight is 457 g/mol. The van der Waals surface area contributed by atoms with Gasteiger partial charge >= 0.3 is 12.1 Å². The Morgan fingerprint density at radius 2 is 1.56 bits per heavy atom. The lowest BCUT2D eigenvalue weighted by Gasteiger charge is -2.22. The molecule has 2 unspecified atom stereocenters. The van der Waals surface area contributed by atoms with Crippen LogP contribution in [0.2, 0.25) is 0 Å². The first-order chi connectivity index (χ1) is 15.0. The summed E-state index contributed by atoms with van der Waals surface area (Å²) in [6, 6.07) is 4.44. The van der Waals surface area contributed by atoms with Crippen LogP contribution in [0.4, 0.5) is 17.6 Å². The Bertz CT molecular complexity index is 998. The SMILES string of the molecule is N=C(N)N1CC2CN(C(=O)c3c(F)cccc3-n3nccn3)CC2C1.O=C(O)C(F)(F)F. The van der Waals surface area contributed by atoms with Crippen LogP contribution in [0.3, 0.4) is 0 Å². The molecule has 3 heterocycles. The van der Waals surface area contributed by atoms with Gasteiger partial charge in [0.1, 0.15) is 17.1 Å². The topological polar surface area (TPSA) is 141 Å². The molecule has 2 atom stereocenters. The highest BCUT2D eigenvalue weighted by molar-refractivity contribution is 5.98. The Morgan fingerprint density at radius 1 is 1.06 bits per heavy atom. The summed E-state index contributed by atoms with van der Waals surface area (Å²) in [4.78, 5) is 26.6. The zero-order valence-electron chi connectivity index (χ0n) is 16.5. The quantitative estimate of drug-likeness (QED) is 0.346. The predicted octanol–water partition coefficient (Wildman–Crippen LogP) is 0.937. The number of nitrogens with two attached hydrogens (primary N) is 1. The number of hydrogen-bond acceptors (Lipinski definition) is 5. The highest BCUT2D eigenvalue weighted by Crippen LogP contribution is 2.32. The Morgan fingerprint density at radius 3 is 2.03 bits per heavy atom. The number of carboxylic acids is 1. The van der Waals surface area contributed by atoms with Crippen molar-refractivity contribution in [2.75, 3.05) is 26.2 Å². The molecule has 4 rings (SSSR count). The molecule has 2 saturated heterocycles. The summed E-state index contributed by atoms with van der Waals surface area (Å²) in [5, 5.41) is 22.7. The molecule has 2 aliphatic heterocycles. The lowest BCUT2D eigenvalue weighted by Crippen LogP contribution is -2.38. The van der Waals surface area contributed by atoms with Gasteiger partial charge in [-0.2, -0.15) is 28.2 Å². The number of rotatable bonds is 2. The van der Waals surface area contributed by atoms with Gasteiger partial charge in [-0.25, -0.2) is 9.18 Å². The number of carbonyl (C=O) groups excluding carboxylic acids is 1. The molecule has 2 fully saturated rings. The normalized spacial score (nSPS) is 19.9. The molecule has 0 bridgehead atoms. The number of aliphatic carboxylic acids is 1. The molecule has 2 aromatic rings. The minimum atomic E-state index is -5.08. The van der Waals surface area contributed by atoms with E-state index >= 15 is 0 Å². The molecular weight excluding hydrogens is 438 g/mol. The standard InChI is InChI=1S/C16H18FN7O.C2HF3O2/c17-12-2-1-3-13(24-20-4-5-21-24)14(12)15(25)22-6-10-8-23(16(18)19)9-11(10)7-22;3-2(4,5)1(6)7/h1-5,10-11H,6-9H2,(H3,18,19);(H,6,7). The monoisotopic (exact) mass is 457 g/mol. The van der Waals surface area contributed by atoms with Gasteiger partial charge < -0.3 is 20.6 Å². The van der Waals surface area contributed by atoms with Crippen LogP contribution in [-0.4, -0.2) is 80.1 Å². The van der Waals surface area contributed by atoms with Gasteiger partial charge in [-0.1, -0.05) is 6.07 Å². The number of nitrogens with zero attached hydrogens (tertiary/aromatic N) is 5. The number of halogens is 4. The van der Waals surface area contributed by atoms with E-state index in [4.69, 9.17) is 21.0 Å². The first-order valence-corrected chi connectivity index (χ1v) is 9.32. The van der Waals surface area contributed by atoms with Crippen molar-refractivity contribution in [3.05, 3.63) is 42.0 Å². The predicted molar refractivity (Wildman–Crippen MR) is 101 cm³/mol. The molecule has 0 spiro atoms. The number of carbonyl (C=O) groups is 2. The maximum atomic E-state index is 14.4. The third-order valence-corrected chi connectivity index (χ3v) is 5.20. The Balaban J connectivity index is 0.000000360. The van der Waals surface area contributed by atoms with Gasteiger partial charge in [0.15, 0.2) is 5.96 Å². The first kappa shape index (κ1) is 23.0. The summed E-state index contributed by atoms with van der Waals surface area (Å²) < 4.78 is 46.2. The second-order valence-corrected chi connectivity index (χ2v) is 7.28. The number of guanidine groups is 1. The lowest BCUT2D eigenvalue weighted by molar-refractivity contribution is -0.192. The van der Waals surface area contributed by atoms with Gasteiger partial charge in [-0.05, 0) is 12.1 Å². The fourth-order valence-corrected chi connectivity index (χ4v) is 3.75. The molecular formula is C18H19F4N7O3. The molecule has 172 valence electrons. The summed E-state index contributed by atoms with van der Waals surface area (Å²) in [6.45, 7) is 2.39. The number of alkyl halides is 3. The number of likely N-dealkylation sites (tertiary alicyclic amines) is 2. The Labute approximate surface area is 178 Å². The molecule has 0 aliphatic carbocycles. The highest BCUT2D eigenvalue weighted by Gasteiger charge is 2.43. The molecule has 10 nitrogen and oxygen atoms in total. The summed E-state index contributed by atoms with van der Waals surface area (Å²) >= 11 is 0. The fourth-order valence-electron chi connectivity index (χ4n) is 3.75. The second kappa shape index (κ2) is 8.80. The summed E-state index contributed by atoms with van der Waals surface area (Å²) in [7, 11) is 0. The van der Waals surface area contributed by atoms with Crippen LogP contribution in [-0.2, 0) is 4.79 Å². The van der Waals surface area contributed by atoms with E-state index in [1.165, 1.54) is 29.3 Å². The van der Waals surface area contributed by atoms with E-state index in [1.54, 1.807) is 11.0 Å². The Kier molecular flexibility index (Phi) is 6.32. The summed E-state index contributed by atoms with van der Waals surface area (Å²) in [5.41, 5.74) is 5.86. The van der Waals surface area contributed by atoms with Crippen LogP contribution in [0.15, 0.2) is 30.6 Å². The maximum absolute atomic E-state index is 14.4. The summed E-state index contributed by atoms with van der Waals surface area (Å²) in [5.74, 6) is -3.12. The second-order valence-electron chi connectivity index (χ2n) is 7.28. The van der Waals surface area contributed by atoms with E-state index in [1.807, 2.05) is 4.90 Å². The van der Waals surface area contributed by atoms with Crippen LogP contribution in [0, 0.1) is 23.1 Å². The molecule has 1 amide bonds. The van der Waals surface area contributed by atoms with Gasteiger partial charge in [0.2, 0.25) is 0 Å². The van der Waals surface area contributed by atoms with E-state index in [0.29, 0.717) is 31.9 Å².